The Labute approximate surface area is 94.1 Å². The molecule has 1 aromatic carbocycles. The third-order valence-corrected chi connectivity index (χ3v) is 2.26. The van der Waals surface area contributed by atoms with Gasteiger partial charge < -0.3 is 20.8 Å². The zero-order chi connectivity index (χ0) is 12.0. The normalized spacial score (nSPS) is 10.1. The molecule has 5 heteroatoms. The number of primary amides is 1. The molecule has 88 valence electrons. The van der Waals surface area contributed by atoms with E-state index < -0.39 is 5.91 Å². The Morgan fingerprint density at radius 1 is 1.12 bits per heavy atom. The quantitative estimate of drug-likeness (QED) is 0.612. The molecule has 1 aromatic rings. The second-order valence-electron chi connectivity index (χ2n) is 3.35. The third-order valence-electron chi connectivity index (χ3n) is 2.26. The van der Waals surface area contributed by atoms with Crippen LogP contribution in [0, 0.1) is 0 Å². The number of nitrogens with zero attached hydrogens (tertiary/aromatic N) is 1. The summed E-state index contributed by atoms with van der Waals surface area (Å²) in [5.41, 5.74) is 6.41. The molecule has 0 atom stereocenters. The molecule has 1 amide bonds. The number of hydrogen-bond donors (Lipinski definition) is 3. The van der Waals surface area contributed by atoms with Gasteiger partial charge in [-0.2, -0.15) is 0 Å². The zero-order valence-corrected chi connectivity index (χ0v) is 8.97. The lowest BCUT2D eigenvalue weighted by Crippen LogP contribution is -2.29. The van der Waals surface area contributed by atoms with Crippen molar-refractivity contribution in [3.63, 3.8) is 0 Å². The Bertz CT molecular complexity index is 332. The van der Waals surface area contributed by atoms with Crippen molar-refractivity contribution in [3.8, 4) is 0 Å². The van der Waals surface area contributed by atoms with Gasteiger partial charge in [0.15, 0.2) is 0 Å². The summed E-state index contributed by atoms with van der Waals surface area (Å²) in [4.78, 5) is 12.7. The van der Waals surface area contributed by atoms with Gasteiger partial charge in [-0.05, 0) is 24.3 Å². The Morgan fingerprint density at radius 2 is 1.62 bits per heavy atom. The summed E-state index contributed by atoms with van der Waals surface area (Å²) in [7, 11) is 0. The molecule has 0 saturated heterocycles. The highest BCUT2D eigenvalue weighted by Crippen LogP contribution is 2.14. The van der Waals surface area contributed by atoms with E-state index in [9.17, 15) is 4.79 Å². The molecule has 0 aliphatic rings. The van der Waals surface area contributed by atoms with Crippen LogP contribution in [0.3, 0.4) is 0 Å². The van der Waals surface area contributed by atoms with Crippen LogP contribution >= 0.6 is 0 Å². The number of carbonyl (C=O) groups excluding carboxylic acids is 1. The molecule has 0 saturated carbocycles. The second kappa shape index (κ2) is 6.09. The van der Waals surface area contributed by atoms with E-state index in [1.54, 1.807) is 24.3 Å². The molecule has 0 heterocycles. The number of carbonyl (C=O) groups is 1. The van der Waals surface area contributed by atoms with Gasteiger partial charge in [0, 0.05) is 24.3 Å². The van der Waals surface area contributed by atoms with E-state index in [1.165, 1.54) is 0 Å². The number of nitrogens with two attached hydrogens (primary N) is 1. The van der Waals surface area contributed by atoms with Crippen molar-refractivity contribution in [1.29, 1.82) is 0 Å². The topological polar surface area (TPSA) is 86.8 Å². The van der Waals surface area contributed by atoms with Gasteiger partial charge >= 0.3 is 0 Å². The predicted molar refractivity (Wildman–Crippen MR) is 61.3 cm³/mol. The van der Waals surface area contributed by atoms with Gasteiger partial charge in [0.25, 0.3) is 0 Å². The fourth-order valence-corrected chi connectivity index (χ4v) is 1.45. The lowest BCUT2D eigenvalue weighted by Gasteiger charge is -2.22. The highest BCUT2D eigenvalue weighted by atomic mass is 16.3. The standard InChI is InChI=1S/C11H16N2O3/c12-11(16)9-1-3-10(4-2-9)13(5-7-14)6-8-15/h1-4,14-15H,5-8H2,(H2,12,16). The summed E-state index contributed by atoms with van der Waals surface area (Å²) >= 11 is 0. The van der Waals surface area contributed by atoms with Crippen LogP contribution < -0.4 is 10.6 Å². The zero-order valence-electron chi connectivity index (χ0n) is 8.97. The minimum Gasteiger partial charge on any atom is -0.395 e. The molecular weight excluding hydrogens is 208 g/mol. The Morgan fingerprint density at radius 3 is 2.00 bits per heavy atom. The summed E-state index contributed by atoms with van der Waals surface area (Å²) < 4.78 is 0. The van der Waals surface area contributed by atoms with Crippen LogP contribution in [0.2, 0.25) is 0 Å². The molecule has 0 spiro atoms. The fourth-order valence-electron chi connectivity index (χ4n) is 1.45. The van der Waals surface area contributed by atoms with Gasteiger partial charge in [0.05, 0.1) is 13.2 Å². The van der Waals surface area contributed by atoms with Crippen LogP contribution in [-0.2, 0) is 0 Å². The Kier molecular flexibility index (Phi) is 4.75. The predicted octanol–water partition coefficient (Wildman–Crippen LogP) is -0.424. The summed E-state index contributed by atoms with van der Waals surface area (Å²) in [6.45, 7) is 0.905. The number of amides is 1. The van der Waals surface area contributed by atoms with Gasteiger partial charge in [-0.3, -0.25) is 4.79 Å². The number of rotatable bonds is 6. The average Bonchev–Trinajstić information content (AvgIpc) is 2.29. The Balaban J connectivity index is 2.80. The van der Waals surface area contributed by atoms with Crippen LogP contribution in [0.4, 0.5) is 5.69 Å². The van der Waals surface area contributed by atoms with Crippen LogP contribution in [0.1, 0.15) is 10.4 Å². The molecule has 0 aromatic heterocycles. The fraction of sp³-hybridized carbons (Fsp3) is 0.364. The average molecular weight is 224 g/mol. The van der Waals surface area contributed by atoms with E-state index in [2.05, 4.69) is 0 Å². The van der Waals surface area contributed by atoms with Crippen molar-refractivity contribution in [3.05, 3.63) is 29.8 Å². The first kappa shape index (κ1) is 12.5. The molecule has 16 heavy (non-hydrogen) atoms. The summed E-state index contributed by atoms with van der Waals surface area (Å²) in [5.74, 6) is -0.470. The SMILES string of the molecule is NC(=O)c1ccc(N(CCO)CCO)cc1. The van der Waals surface area contributed by atoms with Crippen molar-refractivity contribution in [2.75, 3.05) is 31.2 Å². The molecule has 0 aliphatic carbocycles. The van der Waals surface area contributed by atoms with Crippen molar-refractivity contribution >= 4 is 11.6 Å². The molecule has 0 fully saturated rings. The smallest absolute Gasteiger partial charge is 0.248 e. The summed E-state index contributed by atoms with van der Waals surface area (Å²) in [5, 5.41) is 17.7. The van der Waals surface area contributed by atoms with E-state index in [0.717, 1.165) is 5.69 Å². The maximum atomic E-state index is 10.9. The first-order valence-electron chi connectivity index (χ1n) is 5.05. The largest absolute Gasteiger partial charge is 0.395 e. The minimum absolute atomic E-state index is 0.0115. The molecule has 0 radical (unpaired) electrons. The van der Waals surface area contributed by atoms with Gasteiger partial charge in [-0.15, -0.1) is 0 Å². The van der Waals surface area contributed by atoms with Crippen molar-refractivity contribution in [2.45, 2.75) is 0 Å². The number of aliphatic hydroxyl groups excluding tert-OH is 2. The molecule has 0 unspecified atom stereocenters. The van der Waals surface area contributed by atoms with Gasteiger partial charge in [0.2, 0.25) is 5.91 Å². The van der Waals surface area contributed by atoms with Gasteiger partial charge in [-0.25, -0.2) is 0 Å². The molecule has 1 rings (SSSR count). The van der Waals surface area contributed by atoms with Gasteiger partial charge in [0.1, 0.15) is 0 Å². The number of aliphatic hydroxyl groups is 2. The molecule has 0 aliphatic heterocycles. The van der Waals surface area contributed by atoms with Crippen molar-refractivity contribution in [2.24, 2.45) is 5.73 Å². The van der Waals surface area contributed by atoms with Crippen LogP contribution in [0.5, 0.6) is 0 Å². The highest BCUT2D eigenvalue weighted by Gasteiger charge is 2.06. The molecule has 4 N–H and O–H groups in total. The number of anilines is 1. The van der Waals surface area contributed by atoms with Crippen LogP contribution in [0.25, 0.3) is 0 Å². The lowest BCUT2D eigenvalue weighted by molar-refractivity contribution is 0.100. The van der Waals surface area contributed by atoms with E-state index in [0.29, 0.717) is 18.7 Å². The van der Waals surface area contributed by atoms with E-state index >= 15 is 0 Å². The summed E-state index contributed by atoms with van der Waals surface area (Å²) in [6, 6.07) is 6.73. The van der Waals surface area contributed by atoms with E-state index in [4.69, 9.17) is 15.9 Å². The highest BCUT2D eigenvalue weighted by molar-refractivity contribution is 5.93. The lowest BCUT2D eigenvalue weighted by atomic mass is 10.2. The number of hydrogen-bond acceptors (Lipinski definition) is 4. The molecular formula is C11H16N2O3. The second-order valence-corrected chi connectivity index (χ2v) is 3.35. The number of benzene rings is 1. The van der Waals surface area contributed by atoms with Crippen molar-refractivity contribution < 1.29 is 15.0 Å². The van der Waals surface area contributed by atoms with Gasteiger partial charge in [-0.1, -0.05) is 0 Å². The monoisotopic (exact) mass is 224 g/mol. The molecule has 0 bridgehead atoms. The van der Waals surface area contributed by atoms with Crippen LogP contribution in [-0.4, -0.2) is 42.4 Å². The first-order chi connectivity index (χ1) is 7.69. The summed E-state index contributed by atoms with van der Waals surface area (Å²) in [6.07, 6.45) is 0. The first-order valence-corrected chi connectivity index (χ1v) is 5.05. The Hall–Kier alpha value is -1.59. The maximum absolute atomic E-state index is 10.9. The minimum atomic E-state index is -0.470. The van der Waals surface area contributed by atoms with Crippen LogP contribution in [0.15, 0.2) is 24.3 Å². The van der Waals surface area contributed by atoms with E-state index in [1.807, 2.05) is 4.90 Å². The maximum Gasteiger partial charge on any atom is 0.248 e. The van der Waals surface area contributed by atoms with Crippen molar-refractivity contribution in [1.82, 2.24) is 0 Å². The third kappa shape index (κ3) is 3.22. The van der Waals surface area contributed by atoms with E-state index in [-0.39, 0.29) is 13.2 Å². The molecule has 5 nitrogen and oxygen atoms in total.